The highest BCUT2D eigenvalue weighted by molar-refractivity contribution is 9.10. The van der Waals surface area contributed by atoms with Gasteiger partial charge in [-0.2, -0.15) is 5.26 Å². The van der Waals surface area contributed by atoms with Gasteiger partial charge < -0.3 is 0 Å². The van der Waals surface area contributed by atoms with E-state index >= 15 is 0 Å². The molecule has 64 valence electrons. The van der Waals surface area contributed by atoms with Crippen molar-refractivity contribution in [3.05, 3.63) is 33.1 Å². The fourth-order valence-corrected chi connectivity index (χ4v) is 2.81. The van der Waals surface area contributed by atoms with Crippen molar-refractivity contribution in [3.63, 3.8) is 0 Å². The maximum atomic E-state index is 8.87. The van der Waals surface area contributed by atoms with Gasteiger partial charge in [-0.15, -0.1) is 11.3 Å². The highest BCUT2D eigenvalue weighted by Gasteiger charge is 2.07. The van der Waals surface area contributed by atoms with Crippen LogP contribution in [0.4, 0.5) is 0 Å². The average molecular weight is 252 g/mol. The molecule has 1 heterocycles. The molecule has 0 bridgehead atoms. The van der Waals surface area contributed by atoms with Crippen LogP contribution < -0.4 is 0 Å². The van der Waals surface area contributed by atoms with Crippen molar-refractivity contribution < 1.29 is 0 Å². The first-order chi connectivity index (χ1) is 6.24. The smallest absolute Gasteiger partial charge is 0.0995 e. The number of fused-ring (bicyclic) bond motifs is 1. The molecule has 0 aliphatic heterocycles. The lowest BCUT2D eigenvalue weighted by Gasteiger charge is -2.01. The largest absolute Gasteiger partial charge is 0.192 e. The molecule has 3 heteroatoms. The summed E-state index contributed by atoms with van der Waals surface area (Å²) in [4.78, 5) is 0. The maximum absolute atomic E-state index is 8.87. The Morgan fingerprint density at radius 3 is 3.00 bits per heavy atom. The van der Waals surface area contributed by atoms with Gasteiger partial charge in [-0.25, -0.2) is 0 Å². The SMILES string of the molecule is Cc1c(C#N)cc2sccc2c1Br. The molecule has 0 aliphatic carbocycles. The molecule has 0 fully saturated rings. The molecule has 0 spiro atoms. The van der Waals surface area contributed by atoms with E-state index in [2.05, 4.69) is 28.1 Å². The van der Waals surface area contributed by atoms with Gasteiger partial charge in [0.15, 0.2) is 0 Å². The van der Waals surface area contributed by atoms with Crippen LogP contribution >= 0.6 is 27.3 Å². The Labute approximate surface area is 88.7 Å². The summed E-state index contributed by atoms with van der Waals surface area (Å²) in [6, 6.07) is 6.21. The number of nitrogens with zero attached hydrogens (tertiary/aromatic N) is 1. The monoisotopic (exact) mass is 251 g/mol. The minimum absolute atomic E-state index is 0.752. The Hall–Kier alpha value is -0.850. The van der Waals surface area contributed by atoms with Crippen LogP contribution in [0.1, 0.15) is 11.1 Å². The van der Waals surface area contributed by atoms with Crippen LogP contribution in [0, 0.1) is 18.3 Å². The third-order valence-corrected chi connectivity index (χ3v) is 3.95. The topological polar surface area (TPSA) is 23.8 Å². The molecule has 0 N–H and O–H groups in total. The van der Waals surface area contributed by atoms with Crippen LogP contribution in [0.25, 0.3) is 10.1 Å². The molecule has 0 amide bonds. The van der Waals surface area contributed by atoms with Gasteiger partial charge in [0, 0.05) is 14.6 Å². The normalized spacial score (nSPS) is 10.2. The fraction of sp³-hybridized carbons (Fsp3) is 0.100. The predicted molar refractivity (Wildman–Crippen MR) is 59.0 cm³/mol. The summed E-state index contributed by atoms with van der Waals surface area (Å²) in [5.74, 6) is 0. The van der Waals surface area contributed by atoms with E-state index in [0.717, 1.165) is 20.3 Å². The van der Waals surface area contributed by atoms with Gasteiger partial charge in [-0.1, -0.05) is 0 Å². The van der Waals surface area contributed by atoms with Gasteiger partial charge in [0.1, 0.15) is 0 Å². The lowest BCUT2D eigenvalue weighted by Crippen LogP contribution is -1.83. The van der Waals surface area contributed by atoms with E-state index in [1.165, 1.54) is 5.39 Å². The van der Waals surface area contributed by atoms with Gasteiger partial charge in [-0.3, -0.25) is 0 Å². The molecule has 13 heavy (non-hydrogen) atoms. The summed E-state index contributed by atoms with van der Waals surface area (Å²) < 4.78 is 2.21. The van der Waals surface area contributed by atoms with Crippen molar-refractivity contribution in [2.24, 2.45) is 0 Å². The Balaban J connectivity index is 2.94. The first kappa shape index (κ1) is 8.74. The lowest BCUT2D eigenvalue weighted by molar-refractivity contribution is 1.40. The van der Waals surface area contributed by atoms with Crippen molar-refractivity contribution in [1.29, 1.82) is 5.26 Å². The summed E-state index contributed by atoms with van der Waals surface area (Å²) in [7, 11) is 0. The van der Waals surface area contributed by atoms with Crippen LogP contribution in [-0.4, -0.2) is 0 Å². The second-order valence-corrected chi connectivity index (χ2v) is 4.55. The Morgan fingerprint density at radius 1 is 1.54 bits per heavy atom. The molecule has 0 saturated carbocycles. The third-order valence-electron chi connectivity index (χ3n) is 2.06. The van der Waals surface area contributed by atoms with Crippen molar-refractivity contribution >= 4 is 37.4 Å². The number of nitriles is 1. The molecule has 0 atom stereocenters. The second-order valence-electron chi connectivity index (χ2n) is 2.81. The summed E-state index contributed by atoms with van der Waals surface area (Å²) >= 11 is 5.17. The molecule has 1 aromatic heterocycles. The highest BCUT2D eigenvalue weighted by Crippen LogP contribution is 2.32. The summed E-state index contributed by atoms with van der Waals surface area (Å²) in [5.41, 5.74) is 1.77. The Bertz CT molecular complexity index is 507. The van der Waals surface area contributed by atoms with Gasteiger partial charge in [0.2, 0.25) is 0 Å². The maximum Gasteiger partial charge on any atom is 0.0995 e. The van der Waals surface area contributed by atoms with Gasteiger partial charge in [0.25, 0.3) is 0 Å². The molecule has 0 saturated heterocycles. The zero-order valence-corrected chi connectivity index (χ0v) is 9.37. The fourth-order valence-electron chi connectivity index (χ4n) is 1.29. The van der Waals surface area contributed by atoms with Gasteiger partial charge in [0.05, 0.1) is 11.6 Å². The molecule has 0 unspecified atom stereocenters. The molecular formula is C10H6BrNS. The average Bonchev–Trinajstić information content (AvgIpc) is 2.59. The zero-order valence-electron chi connectivity index (χ0n) is 6.97. The molecular weight excluding hydrogens is 246 g/mol. The summed E-state index contributed by atoms with van der Waals surface area (Å²) in [5, 5.41) is 12.1. The second kappa shape index (κ2) is 3.13. The minimum Gasteiger partial charge on any atom is -0.192 e. The van der Waals surface area contributed by atoms with Crippen LogP contribution in [0.2, 0.25) is 0 Å². The van der Waals surface area contributed by atoms with Crippen LogP contribution in [0.15, 0.2) is 22.0 Å². The summed E-state index contributed by atoms with van der Waals surface area (Å²) in [6.45, 7) is 1.96. The Morgan fingerprint density at radius 2 is 2.31 bits per heavy atom. The number of benzene rings is 1. The van der Waals surface area contributed by atoms with Crippen molar-refractivity contribution in [2.45, 2.75) is 6.92 Å². The first-order valence-corrected chi connectivity index (χ1v) is 5.47. The molecule has 2 aromatic rings. The highest BCUT2D eigenvalue weighted by atomic mass is 79.9. The molecule has 1 aromatic carbocycles. The van der Waals surface area contributed by atoms with E-state index in [-0.39, 0.29) is 0 Å². The predicted octanol–water partition coefficient (Wildman–Crippen LogP) is 3.84. The third kappa shape index (κ3) is 1.27. The number of thiophene rings is 1. The van der Waals surface area contributed by atoms with Crippen molar-refractivity contribution in [2.75, 3.05) is 0 Å². The van der Waals surface area contributed by atoms with Crippen LogP contribution in [-0.2, 0) is 0 Å². The number of halogens is 1. The first-order valence-electron chi connectivity index (χ1n) is 3.80. The zero-order chi connectivity index (χ0) is 9.42. The van der Waals surface area contributed by atoms with E-state index in [1.54, 1.807) is 11.3 Å². The minimum atomic E-state index is 0.752. The van der Waals surface area contributed by atoms with Gasteiger partial charge >= 0.3 is 0 Å². The molecule has 0 aliphatic rings. The van der Waals surface area contributed by atoms with Crippen LogP contribution in [0.5, 0.6) is 0 Å². The van der Waals surface area contributed by atoms with Crippen molar-refractivity contribution in [1.82, 2.24) is 0 Å². The molecule has 1 nitrogen and oxygen atoms in total. The van der Waals surface area contributed by atoms with E-state index in [0.29, 0.717) is 0 Å². The number of rotatable bonds is 0. The van der Waals surface area contributed by atoms with E-state index in [9.17, 15) is 0 Å². The van der Waals surface area contributed by atoms with Crippen molar-refractivity contribution in [3.8, 4) is 6.07 Å². The summed E-state index contributed by atoms with van der Waals surface area (Å²) in [6.07, 6.45) is 0. The van der Waals surface area contributed by atoms with E-state index in [4.69, 9.17) is 5.26 Å². The number of hydrogen-bond acceptors (Lipinski definition) is 2. The standard InChI is InChI=1S/C10H6BrNS/c1-6-7(5-12)4-9-8(10(6)11)2-3-13-9/h2-4H,1H3. The number of hydrogen-bond donors (Lipinski definition) is 0. The van der Waals surface area contributed by atoms with E-state index in [1.807, 2.05) is 18.4 Å². The Kier molecular flexibility index (Phi) is 2.10. The van der Waals surface area contributed by atoms with Crippen LogP contribution in [0.3, 0.4) is 0 Å². The lowest BCUT2D eigenvalue weighted by atomic mass is 10.1. The van der Waals surface area contributed by atoms with Gasteiger partial charge in [-0.05, 0) is 45.9 Å². The quantitative estimate of drug-likeness (QED) is 0.698. The molecule has 0 radical (unpaired) electrons. The molecule has 2 rings (SSSR count). The van der Waals surface area contributed by atoms with E-state index < -0.39 is 0 Å².